The van der Waals surface area contributed by atoms with Gasteiger partial charge in [0.05, 0.1) is 23.5 Å². The van der Waals surface area contributed by atoms with Crippen molar-refractivity contribution >= 4 is 16.6 Å². The molecule has 0 radical (unpaired) electrons. The Morgan fingerprint density at radius 3 is 2.61 bits per heavy atom. The lowest BCUT2D eigenvalue weighted by atomic mass is 10.1. The maximum Gasteiger partial charge on any atom is 0.299 e. The number of nitrogens with zero attached hydrogens (tertiary/aromatic N) is 2. The number of hydrogen-bond acceptors (Lipinski definition) is 5. The van der Waals surface area contributed by atoms with Crippen molar-refractivity contribution in [1.82, 2.24) is 4.98 Å². The fourth-order valence-corrected chi connectivity index (χ4v) is 2.20. The summed E-state index contributed by atoms with van der Waals surface area (Å²) >= 11 is 0. The van der Waals surface area contributed by atoms with Gasteiger partial charge in [0.1, 0.15) is 11.6 Å². The molecule has 0 spiro atoms. The van der Waals surface area contributed by atoms with Crippen LogP contribution in [-0.4, -0.2) is 17.0 Å². The fourth-order valence-electron chi connectivity index (χ4n) is 2.20. The Morgan fingerprint density at radius 2 is 1.96 bits per heavy atom. The number of hydrogen-bond donors (Lipinski definition) is 0. The minimum Gasteiger partial charge on any atom is -0.493 e. The standard InChI is InChI=1S/C16H11FN2O4/c1-22-14-9-13(19(20)21)15-12(3-2-8-18-15)16(14)23-11-6-4-10(17)5-7-11/h2-9H,1H3. The van der Waals surface area contributed by atoms with Gasteiger partial charge in [0.25, 0.3) is 5.69 Å². The van der Waals surface area contributed by atoms with Crippen molar-refractivity contribution in [2.24, 2.45) is 0 Å². The number of halogens is 1. The molecule has 3 rings (SSSR count). The van der Waals surface area contributed by atoms with Crippen molar-refractivity contribution in [3.05, 3.63) is 64.6 Å². The predicted molar refractivity (Wildman–Crippen MR) is 81.4 cm³/mol. The summed E-state index contributed by atoms with van der Waals surface area (Å²) in [6.45, 7) is 0. The van der Waals surface area contributed by atoms with Crippen LogP contribution >= 0.6 is 0 Å². The number of rotatable bonds is 4. The van der Waals surface area contributed by atoms with Gasteiger partial charge in [0.2, 0.25) is 0 Å². The van der Waals surface area contributed by atoms with Gasteiger partial charge >= 0.3 is 0 Å². The highest BCUT2D eigenvalue weighted by Gasteiger charge is 2.22. The molecule has 0 unspecified atom stereocenters. The van der Waals surface area contributed by atoms with Gasteiger partial charge in [-0.2, -0.15) is 0 Å². The Balaban J connectivity index is 2.20. The summed E-state index contributed by atoms with van der Waals surface area (Å²) in [7, 11) is 1.39. The maximum absolute atomic E-state index is 13.0. The zero-order valence-electron chi connectivity index (χ0n) is 12.0. The lowest BCUT2D eigenvalue weighted by molar-refractivity contribution is -0.383. The summed E-state index contributed by atoms with van der Waals surface area (Å²) in [4.78, 5) is 14.7. The molecule has 0 amide bonds. The van der Waals surface area contributed by atoms with Gasteiger partial charge < -0.3 is 9.47 Å². The molecular formula is C16H11FN2O4. The van der Waals surface area contributed by atoms with Gasteiger partial charge in [-0.3, -0.25) is 10.1 Å². The number of methoxy groups -OCH3 is 1. The smallest absolute Gasteiger partial charge is 0.299 e. The first kappa shape index (κ1) is 14.7. The second-order valence-electron chi connectivity index (χ2n) is 4.64. The summed E-state index contributed by atoms with van der Waals surface area (Å²) in [6.07, 6.45) is 1.46. The number of pyridine rings is 1. The number of ether oxygens (including phenoxy) is 2. The molecule has 23 heavy (non-hydrogen) atoms. The van der Waals surface area contributed by atoms with Crippen LogP contribution in [0.2, 0.25) is 0 Å². The normalized spacial score (nSPS) is 10.5. The van der Waals surface area contributed by atoms with Crippen LogP contribution in [0.3, 0.4) is 0 Å². The largest absolute Gasteiger partial charge is 0.493 e. The Kier molecular flexibility index (Phi) is 3.76. The summed E-state index contributed by atoms with van der Waals surface area (Å²) in [5.41, 5.74) is 0.0133. The van der Waals surface area contributed by atoms with Crippen LogP contribution in [0, 0.1) is 15.9 Å². The first-order valence-corrected chi connectivity index (χ1v) is 6.63. The topological polar surface area (TPSA) is 74.5 Å². The molecule has 0 atom stereocenters. The van der Waals surface area contributed by atoms with E-state index < -0.39 is 4.92 Å². The molecule has 0 N–H and O–H groups in total. The molecule has 1 heterocycles. The van der Waals surface area contributed by atoms with E-state index in [2.05, 4.69) is 4.98 Å². The molecule has 1 aromatic heterocycles. The number of fused-ring (bicyclic) bond motifs is 1. The van der Waals surface area contributed by atoms with Crippen LogP contribution in [0.15, 0.2) is 48.7 Å². The SMILES string of the molecule is COc1cc([N+](=O)[O-])c2ncccc2c1Oc1ccc(F)cc1. The minimum absolute atomic E-state index is 0.177. The average Bonchev–Trinajstić information content (AvgIpc) is 2.56. The predicted octanol–water partition coefficient (Wildman–Crippen LogP) is 4.08. The maximum atomic E-state index is 13.0. The Labute approximate surface area is 130 Å². The zero-order chi connectivity index (χ0) is 16.4. The van der Waals surface area contributed by atoms with Gasteiger partial charge in [-0.25, -0.2) is 9.37 Å². The summed E-state index contributed by atoms with van der Waals surface area (Å²) in [5, 5.41) is 11.7. The molecule has 0 aliphatic heterocycles. The van der Waals surface area contributed by atoms with Gasteiger partial charge in [-0.05, 0) is 36.4 Å². The van der Waals surface area contributed by atoms with Crippen molar-refractivity contribution in [1.29, 1.82) is 0 Å². The summed E-state index contributed by atoms with van der Waals surface area (Å²) < 4.78 is 24.0. The monoisotopic (exact) mass is 314 g/mol. The molecule has 3 aromatic rings. The van der Waals surface area contributed by atoms with Crippen LogP contribution in [0.5, 0.6) is 17.2 Å². The van der Waals surface area contributed by atoms with E-state index in [0.717, 1.165) is 0 Å². The number of benzene rings is 2. The molecule has 0 aliphatic rings. The van der Waals surface area contributed by atoms with E-state index in [1.807, 2.05) is 0 Å². The quantitative estimate of drug-likeness (QED) is 0.536. The van der Waals surface area contributed by atoms with Crippen molar-refractivity contribution in [3.63, 3.8) is 0 Å². The highest BCUT2D eigenvalue weighted by molar-refractivity contribution is 5.94. The van der Waals surface area contributed by atoms with Crippen LogP contribution in [-0.2, 0) is 0 Å². The van der Waals surface area contributed by atoms with Gasteiger partial charge in [-0.15, -0.1) is 0 Å². The van der Waals surface area contributed by atoms with Crippen LogP contribution in [0.4, 0.5) is 10.1 Å². The van der Waals surface area contributed by atoms with Gasteiger partial charge in [0.15, 0.2) is 17.0 Å². The molecule has 2 aromatic carbocycles. The minimum atomic E-state index is -0.528. The van der Waals surface area contributed by atoms with Crippen LogP contribution in [0.1, 0.15) is 0 Å². The van der Waals surface area contributed by atoms with E-state index in [9.17, 15) is 14.5 Å². The van der Waals surface area contributed by atoms with Gasteiger partial charge in [-0.1, -0.05) is 0 Å². The van der Waals surface area contributed by atoms with E-state index >= 15 is 0 Å². The van der Waals surface area contributed by atoms with Crippen molar-refractivity contribution < 1.29 is 18.8 Å². The molecule has 116 valence electrons. The lowest BCUT2D eigenvalue weighted by Gasteiger charge is -2.13. The first-order valence-electron chi connectivity index (χ1n) is 6.63. The average molecular weight is 314 g/mol. The second kappa shape index (κ2) is 5.88. The fraction of sp³-hybridized carbons (Fsp3) is 0.0625. The Hall–Kier alpha value is -3.22. The second-order valence-corrected chi connectivity index (χ2v) is 4.64. The number of non-ortho nitro benzene ring substituents is 1. The number of aromatic nitrogens is 1. The third kappa shape index (κ3) is 2.76. The molecular weight excluding hydrogens is 303 g/mol. The lowest BCUT2D eigenvalue weighted by Crippen LogP contribution is -1.97. The zero-order valence-corrected chi connectivity index (χ0v) is 12.0. The molecule has 0 aliphatic carbocycles. The van der Waals surface area contributed by atoms with E-state index in [-0.39, 0.29) is 28.5 Å². The van der Waals surface area contributed by atoms with Crippen molar-refractivity contribution in [2.75, 3.05) is 7.11 Å². The van der Waals surface area contributed by atoms with E-state index in [1.165, 1.54) is 43.6 Å². The third-order valence-electron chi connectivity index (χ3n) is 3.24. The molecule has 0 bridgehead atoms. The first-order chi connectivity index (χ1) is 11.1. The van der Waals surface area contributed by atoms with Crippen LogP contribution in [0.25, 0.3) is 10.9 Å². The molecule has 0 saturated heterocycles. The van der Waals surface area contributed by atoms with Crippen molar-refractivity contribution in [2.45, 2.75) is 0 Å². The summed E-state index contributed by atoms with van der Waals surface area (Å²) in [5.74, 6) is 0.470. The van der Waals surface area contributed by atoms with E-state index in [1.54, 1.807) is 12.1 Å². The Bertz CT molecular complexity index is 881. The van der Waals surface area contributed by atoms with E-state index in [4.69, 9.17) is 9.47 Å². The molecule has 0 saturated carbocycles. The summed E-state index contributed by atoms with van der Waals surface area (Å²) in [6, 6.07) is 9.98. The van der Waals surface area contributed by atoms with Crippen molar-refractivity contribution in [3.8, 4) is 17.2 Å². The number of nitro groups is 1. The molecule has 0 fully saturated rings. The van der Waals surface area contributed by atoms with Crippen LogP contribution < -0.4 is 9.47 Å². The number of nitro benzene ring substituents is 1. The molecule has 7 heteroatoms. The highest BCUT2D eigenvalue weighted by atomic mass is 19.1. The van der Waals surface area contributed by atoms with Gasteiger partial charge in [0, 0.05) is 6.20 Å². The molecule has 6 nitrogen and oxygen atoms in total. The Morgan fingerprint density at radius 1 is 1.22 bits per heavy atom. The third-order valence-corrected chi connectivity index (χ3v) is 3.24. The van der Waals surface area contributed by atoms with E-state index in [0.29, 0.717) is 11.1 Å². The highest BCUT2D eigenvalue weighted by Crippen LogP contribution is 2.42.